The predicted octanol–water partition coefficient (Wildman–Crippen LogP) is 2.07. The molecule has 4 N–H and O–H groups in total. The molecule has 0 amide bonds. The van der Waals surface area contributed by atoms with Gasteiger partial charge in [0.15, 0.2) is 0 Å². The van der Waals surface area contributed by atoms with Gasteiger partial charge in [0, 0.05) is 29.3 Å². The molecular formula is C14H19N3O2S. The first kappa shape index (κ1) is 13.5. The fourth-order valence-corrected chi connectivity index (χ4v) is 3.81. The summed E-state index contributed by atoms with van der Waals surface area (Å²) in [5.74, 6) is 1.08. The van der Waals surface area contributed by atoms with Crippen LogP contribution in [0.1, 0.15) is 19.8 Å². The van der Waals surface area contributed by atoms with Gasteiger partial charge in [-0.1, -0.05) is 6.92 Å². The van der Waals surface area contributed by atoms with Gasteiger partial charge in [-0.05, 0) is 42.9 Å². The highest BCUT2D eigenvalue weighted by Gasteiger charge is 2.29. The second-order valence-corrected chi connectivity index (χ2v) is 7.36. The molecule has 2 aromatic rings. The minimum absolute atomic E-state index is 0.287. The van der Waals surface area contributed by atoms with Crippen molar-refractivity contribution in [2.45, 2.75) is 24.7 Å². The van der Waals surface area contributed by atoms with Gasteiger partial charge in [0.2, 0.25) is 10.0 Å². The van der Waals surface area contributed by atoms with E-state index in [1.165, 1.54) is 19.0 Å². The summed E-state index contributed by atoms with van der Waals surface area (Å²) in [6.45, 7) is 2.59. The summed E-state index contributed by atoms with van der Waals surface area (Å²) in [6, 6.07) is 5.18. The molecule has 0 spiro atoms. The van der Waals surface area contributed by atoms with Crippen LogP contribution >= 0.6 is 0 Å². The van der Waals surface area contributed by atoms with Gasteiger partial charge in [-0.2, -0.15) is 0 Å². The van der Waals surface area contributed by atoms with Crippen LogP contribution in [0.5, 0.6) is 0 Å². The maximum absolute atomic E-state index is 12.4. The Kier molecular flexibility index (Phi) is 3.22. The smallest absolute Gasteiger partial charge is 0.242 e. The third kappa shape index (κ3) is 2.53. The molecule has 1 saturated carbocycles. The number of fused-ring (bicyclic) bond motifs is 1. The Labute approximate surface area is 118 Å². The van der Waals surface area contributed by atoms with Gasteiger partial charge in [-0.15, -0.1) is 0 Å². The summed E-state index contributed by atoms with van der Waals surface area (Å²) >= 11 is 0. The number of benzene rings is 1. The molecule has 1 heterocycles. The van der Waals surface area contributed by atoms with Gasteiger partial charge in [0.1, 0.15) is 4.90 Å². The Hall–Kier alpha value is -1.53. The lowest BCUT2D eigenvalue weighted by Gasteiger charge is -2.11. The van der Waals surface area contributed by atoms with Crippen LogP contribution in [-0.4, -0.2) is 19.9 Å². The van der Waals surface area contributed by atoms with Crippen LogP contribution in [0.15, 0.2) is 29.3 Å². The lowest BCUT2D eigenvalue weighted by Crippen LogP contribution is -2.29. The molecule has 1 unspecified atom stereocenters. The highest BCUT2D eigenvalue weighted by Crippen LogP contribution is 2.36. The number of anilines is 1. The number of nitrogens with two attached hydrogens (primary N) is 1. The van der Waals surface area contributed by atoms with E-state index in [1.807, 2.05) is 0 Å². The average Bonchev–Trinajstić information content (AvgIpc) is 3.16. The molecule has 0 bridgehead atoms. The molecule has 1 aromatic carbocycles. The van der Waals surface area contributed by atoms with Crippen molar-refractivity contribution in [3.8, 4) is 0 Å². The lowest BCUT2D eigenvalue weighted by molar-refractivity contribution is 0.492. The van der Waals surface area contributed by atoms with Gasteiger partial charge in [0.25, 0.3) is 0 Å². The van der Waals surface area contributed by atoms with E-state index in [2.05, 4.69) is 16.6 Å². The van der Waals surface area contributed by atoms with Gasteiger partial charge in [-0.25, -0.2) is 13.1 Å². The highest BCUT2D eigenvalue weighted by molar-refractivity contribution is 7.89. The zero-order valence-electron chi connectivity index (χ0n) is 11.4. The summed E-state index contributed by atoms with van der Waals surface area (Å²) in [5.41, 5.74) is 7.04. The van der Waals surface area contributed by atoms with Crippen LogP contribution in [0.4, 0.5) is 5.69 Å². The number of aromatic nitrogens is 1. The monoisotopic (exact) mass is 293 g/mol. The van der Waals surface area contributed by atoms with Crippen LogP contribution in [0, 0.1) is 11.8 Å². The number of rotatable bonds is 5. The van der Waals surface area contributed by atoms with E-state index in [-0.39, 0.29) is 4.90 Å². The molecule has 0 aliphatic heterocycles. The molecular weight excluding hydrogens is 274 g/mol. The van der Waals surface area contributed by atoms with Crippen LogP contribution in [0.3, 0.4) is 0 Å². The van der Waals surface area contributed by atoms with Crippen molar-refractivity contribution in [1.82, 2.24) is 9.71 Å². The second-order valence-electron chi connectivity index (χ2n) is 5.62. The zero-order valence-corrected chi connectivity index (χ0v) is 12.2. The number of H-pyrrole nitrogens is 1. The summed E-state index contributed by atoms with van der Waals surface area (Å²) < 4.78 is 27.5. The number of nitrogens with one attached hydrogen (secondary N) is 2. The summed E-state index contributed by atoms with van der Waals surface area (Å²) in [6.07, 6.45) is 3.96. The van der Waals surface area contributed by atoms with Gasteiger partial charge >= 0.3 is 0 Å². The Balaban J connectivity index is 1.84. The highest BCUT2D eigenvalue weighted by atomic mass is 32.2. The molecule has 0 saturated heterocycles. The first-order valence-corrected chi connectivity index (χ1v) is 8.32. The number of hydrogen-bond donors (Lipinski definition) is 3. The molecule has 20 heavy (non-hydrogen) atoms. The predicted molar refractivity (Wildman–Crippen MR) is 79.8 cm³/mol. The second kappa shape index (κ2) is 4.79. The summed E-state index contributed by atoms with van der Waals surface area (Å²) in [4.78, 5) is 3.25. The largest absolute Gasteiger partial charge is 0.399 e. The number of hydrogen-bond acceptors (Lipinski definition) is 3. The van der Waals surface area contributed by atoms with E-state index in [0.717, 1.165) is 5.52 Å². The quantitative estimate of drug-likeness (QED) is 0.737. The van der Waals surface area contributed by atoms with E-state index < -0.39 is 10.0 Å². The van der Waals surface area contributed by atoms with E-state index in [9.17, 15) is 8.42 Å². The van der Waals surface area contributed by atoms with Crippen molar-refractivity contribution in [3.63, 3.8) is 0 Å². The van der Waals surface area contributed by atoms with Crippen molar-refractivity contribution >= 4 is 26.6 Å². The maximum Gasteiger partial charge on any atom is 0.242 e. The SMILES string of the molecule is CC(CNS(=O)(=O)c1c[nH]c2cc(N)ccc12)C1CC1. The van der Waals surface area contributed by atoms with Gasteiger partial charge in [0.05, 0.1) is 0 Å². The van der Waals surface area contributed by atoms with Crippen LogP contribution < -0.4 is 10.5 Å². The fraction of sp³-hybridized carbons (Fsp3) is 0.429. The summed E-state index contributed by atoms with van der Waals surface area (Å²) in [7, 11) is -3.48. The third-order valence-corrected chi connectivity index (χ3v) is 5.44. The van der Waals surface area contributed by atoms with Crippen molar-refractivity contribution in [2.75, 3.05) is 12.3 Å². The van der Waals surface area contributed by atoms with Crippen molar-refractivity contribution < 1.29 is 8.42 Å². The normalized spacial score (nSPS) is 17.4. The van der Waals surface area contributed by atoms with Crippen LogP contribution in [0.25, 0.3) is 10.9 Å². The molecule has 1 atom stereocenters. The fourth-order valence-electron chi connectivity index (χ4n) is 2.49. The minimum atomic E-state index is -3.48. The Morgan fingerprint density at radius 2 is 2.20 bits per heavy atom. The van der Waals surface area contributed by atoms with Gasteiger partial charge in [-0.3, -0.25) is 0 Å². The molecule has 1 fully saturated rings. The number of sulfonamides is 1. The molecule has 3 rings (SSSR count). The van der Waals surface area contributed by atoms with E-state index in [4.69, 9.17) is 5.73 Å². The first-order chi connectivity index (χ1) is 9.47. The lowest BCUT2D eigenvalue weighted by atomic mass is 10.1. The summed E-state index contributed by atoms with van der Waals surface area (Å²) in [5, 5.41) is 0.672. The number of aromatic amines is 1. The van der Waals surface area contributed by atoms with Crippen LogP contribution in [0.2, 0.25) is 0 Å². The molecule has 1 aliphatic rings. The molecule has 0 radical (unpaired) electrons. The van der Waals surface area contributed by atoms with E-state index in [1.54, 1.807) is 18.2 Å². The van der Waals surface area contributed by atoms with Crippen molar-refractivity contribution in [1.29, 1.82) is 0 Å². The van der Waals surface area contributed by atoms with E-state index >= 15 is 0 Å². The van der Waals surface area contributed by atoms with E-state index in [0.29, 0.717) is 29.5 Å². The topological polar surface area (TPSA) is 88.0 Å². The molecule has 108 valence electrons. The number of nitrogen functional groups attached to an aromatic ring is 1. The molecule has 1 aromatic heterocycles. The maximum atomic E-state index is 12.4. The molecule has 6 heteroatoms. The Morgan fingerprint density at radius 1 is 1.45 bits per heavy atom. The molecule has 5 nitrogen and oxygen atoms in total. The first-order valence-electron chi connectivity index (χ1n) is 6.83. The minimum Gasteiger partial charge on any atom is -0.399 e. The van der Waals surface area contributed by atoms with Crippen molar-refractivity contribution in [3.05, 3.63) is 24.4 Å². The van der Waals surface area contributed by atoms with Gasteiger partial charge < -0.3 is 10.7 Å². The van der Waals surface area contributed by atoms with Crippen molar-refractivity contribution in [2.24, 2.45) is 11.8 Å². The Morgan fingerprint density at radius 3 is 2.90 bits per heavy atom. The third-order valence-electron chi connectivity index (χ3n) is 3.98. The Bertz CT molecular complexity index is 732. The standard InChI is InChI=1S/C14H19N3O2S/c1-9(10-2-3-10)7-17-20(18,19)14-8-16-13-6-11(15)4-5-12(13)14/h4-6,8-10,16-17H,2-3,7,15H2,1H3. The average molecular weight is 293 g/mol. The zero-order chi connectivity index (χ0) is 14.3. The van der Waals surface area contributed by atoms with Crippen LogP contribution in [-0.2, 0) is 10.0 Å². The molecule has 1 aliphatic carbocycles.